The zero-order valence-corrected chi connectivity index (χ0v) is 12.5. The van der Waals surface area contributed by atoms with E-state index in [1.54, 1.807) is 4.90 Å². The molecule has 1 aromatic carbocycles. The number of halogens is 1. The monoisotopic (exact) mass is 309 g/mol. The molecule has 0 unspecified atom stereocenters. The fourth-order valence-electron chi connectivity index (χ4n) is 2.70. The molecular weight excluding hydrogens is 289 g/mol. The number of nitrogens with one attached hydrogen (secondary N) is 1. The zero-order chi connectivity index (χ0) is 16.1. The highest BCUT2D eigenvalue weighted by Crippen LogP contribution is 2.24. The second-order valence-electron chi connectivity index (χ2n) is 5.46. The normalized spacial score (nSPS) is 15.8. The van der Waals surface area contributed by atoms with Crippen molar-refractivity contribution in [2.75, 3.05) is 26.2 Å². The van der Waals surface area contributed by atoms with E-state index >= 15 is 0 Å². The molecule has 6 nitrogen and oxygen atoms in total. The fraction of sp³-hybridized carbons (Fsp3) is 0.533. The van der Waals surface area contributed by atoms with E-state index in [0.717, 1.165) is 44.1 Å². The molecule has 2 rings (SSSR count). The molecule has 0 spiro atoms. The molecule has 120 valence electrons. The van der Waals surface area contributed by atoms with Crippen LogP contribution in [-0.2, 0) is 0 Å². The molecule has 0 aromatic heterocycles. The first-order valence-electron chi connectivity index (χ1n) is 7.46. The van der Waals surface area contributed by atoms with E-state index in [1.807, 2.05) is 6.92 Å². The highest BCUT2D eigenvalue weighted by molar-refractivity contribution is 5.98. The number of hydrogen-bond donors (Lipinski definition) is 1. The van der Waals surface area contributed by atoms with Crippen LogP contribution < -0.4 is 5.32 Å². The Bertz CT molecular complexity index is 557. The van der Waals surface area contributed by atoms with Crippen LogP contribution in [0.15, 0.2) is 18.2 Å². The smallest absolute Gasteiger partial charge is 0.282 e. The van der Waals surface area contributed by atoms with Crippen LogP contribution in [-0.4, -0.2) is 41.9 Å². The number of benzene rings is 1. The van der Waals surface area contributed by atoms with Crippen molar-refractivity contribution in [1.82, 2.24) is 10.2 Å². The van der Waals surface area contributed by atoms with Gasteiger partial charge in [0.1, 0.15) is 11.4 Å². The van der Waals surface area contributed by atoms with Gasteiger partial charge in [0.05, 0.1) is 4.92 Å². The molecule has 1 aromatic rings. The predicted molar refractivity (Wildman–Crippen MR) is 80.2 cm³/mol. The second-order valence-corrected chi connectivity index (χ2v) is 5.46. The molecule has 1 aliphatic heterocycles. The number of hydrogen-bond acceptors (Lipinski definition) is 4. The Morgan fingerprint density at radius 1 is 1.45 bits per heavy atom. The highest BCUT2D eigenvalue weighted by Gasteiger charge is 2.28. The Balaban J connectivity index is 2.07. The van der Waals surface area contributed by atoms with Gasteiger partial charge in [-0.05, 0) is 44.0 Å². The van der Waals surface area contributed by atoms with Crippen LogP contribution in [0.1, 0.15) is 30.1 Å². The number of rotatable bonds is 5. The van der Waals surface area contributed by atoms with Gasteiger partial charge in [-0.15, -0.1) is 0 Å². The van der Waals surface area contributed by atoms with E-state index in [2.05, 4.69) is 5.32 Å². The Kier molecular flexibility index (Phi) is 5.43. The third-order valence-electron chi connectivity index (χ3n) is 3.97. The van der Waals surface area contributed by atoms with Crippen LogP contribution in [0.2, 0.25) is 0 Å². The number of carbonyl (C=O) groups is 1. The third-order valence-corrected chi connectivity index (χ3v) is 3.97. The van der Waals surface area contributed by atoms with Gasteiger partial charge in [-0.1, -0.05) is 6.92 Å². The van der Waals surface area contributed by atoms with Crippen molar-refractivity contribution in [1.29, 1.82) is 0 Å². The summed E-state index contributed by atoms with van der Waals surface area (Å²) in [6.45, 7) is 4.96. The number of carbonyl (C=O) groups excluding carboxylic acids is 1. The van der Waals surface area contributed by atoms with Crippen molar-refractivity contribution >= 4 is 11.6 Å². The summed E-state index contributed by atoms with van der Waals surface area (Å²) in [6, 6.07) is 2.99. The predicted octanol–water partition coefficient (Wildman–Crippen LogP) is 2.20. The molecule has 1 aliphatic rings. The average molecular weight is 309 g/mol. The van der Waals surface area contributed by atoms with Crippen LogP contribution in [0.3, 0.4) is 0 Å². The van der Waals surface area contributed by atoms with Crippen molar-refractivity contribution < 1.29 is 14.1 Å². The van der Waals surface area contributed by atoms with Gasteiger partial charge in [0.2, 0.25) is 0 Å². The van der Waals surface area contributed by atoms with Gasteiger partial charge in [0, 0.05) is 19.2 Å². The summed E-state index contributed by atoms with van der Waals surface area (Å²) in [4.78, 5) is 24.4. The topological polar surface area (TPSA) is 75.5 Å². The molecule has 1 saturated heterocycles. The van der Waals surface area contributed by atoms with Crippen LogP contribution in [0.25, 0.3) is 0 Å². The summed E-state index contributed by atoms with van der Waals surface area (Å²) in [5.74, 6) is -0.601. The van der Waals surface area contributed by atoms with E-state index in [1.165, 1.54) is 0 Å². The number of piperidine rings is 1. The number of nitrogens with zero attached hydrogens (tertiary/aromatic N) is 2. The van der Waals surface area contributed by atoms with Crippen LogP contribution in [0.5, 0.6) is 0 Å². The number of likely N-dealkylation sites (tertiary alicyclic amines) is 1. The quantitative estimate of drug-likeness (QED) is 0.668. The molecule has 1 heterocycles. The number of nitro benzene ring substituents is 1. The summed E-state index contributed by atoms with van der Waals surface area (Å²) in [6.07, 6.45) is 1.70. The van der Waals surface area contributed by atoms with Crippen LogP contribution in [0.4, 0.5) is 10.1 Å². The lowest BCUT2D eigenvalue weighted by molar-refractivity contribution is -0.385. The number of nitro groups is 1. The van der Waals surface area contributed by atoms with Crippen molar-refractivity contribution in [2.24, 2.45) is 5.92 Å². The lowest BCUT2D eigenvalue weighted by Crippen LogP contribution is -2.41. The molecule has 1 N–H and O–H groups in total. The molecule has 1 amide bonds. The molecule has 0 atom stereocenters. The molecule has 0 saturated carbocycles. The van der Waals surface area contributed by atoms with Gasteiger partial charge in [-0.2, -0.15) is 0 Å². The molecule has 0 bridgehead atoms. The minimum atomic E-state index is -0.648. The van der Waals surface area contributed by atoms with Crippen LogP contribution in [0, 0.1) is 21.8 Å². The summed E-state index contributed by atoms with van der Waals surface area (Å²) >= 11 is 0. The summed E-state index contributed by atoms with van der Waals surface area (Å²) in [5.41, 5.74) is -0.517. The SMILES string of the molecule is CCNCC1CCN(C(=O)c2cc(F)ccc2[N+](=O)[O-])CC1. The third kappa shape index (κ3) is 3.79. The number of amides is 1. The van der Waals surface area contributed by atoms with Gasteiger partial charge >= 0.3 is 0 Å². The van der Waals surface area contributed by atoms with Gasteiger partial charge in [0.15, 0.2) is 0 Å². The Morgan fingerprint density at radius 3 is 2.73 bits per heavy atom. The van der Waals surface area contributed by atoms with Crippen molar-refractivity contribution in [3.63, 3.8) is 0 Å². The molecular formula is C15H20FN3O3. The first-order chi connectivity index (χ1) is 10.5. The summed E-state index contributed by atoms with van der Waals surface area (Å²) in [7, 11) is 0. The molecule has 7 heteroatoms. The Labute approximate surface area is 128 Å². The lowest BCUT2D eigenvalue weighted by atomic mass is 9.96. The molecule has 1 fully saturated rings. The van der Waals surface area contributed by atoms with E-state index < -0.39 is 16.6 Å². The van der Waals surface area contributed by atoms with E-state index in [4.69, 9.17) is 0 Å². The maximum absolute atomic E-state index is 13.3. The fourth-order valence-corrected chi connectivity index (χ4v) is 2.70. The maximum Gasteiger partial charge on any atom is 0.282 e. The first-order valence-corrected chi connectivity index (χ1v) is 7.46. The average Bonchev–Trinajstić information content (AvgIpc) is 2.52. The Morgan fingerprint density at radius 2 is 2.14 bits per heavy atom. The van der Waals surface area contributed by atoms with Gasteiger partial charge in [0.25, 0.3) is 11.6 Å². The highest BCUT2D eigenvalue weighted by atomic mass is 19.1. The lowest BCUT2D eigenvalue weighted by Gasteiger charge is -2.32. The van der Waals surface area contributed by atoms with Gasteiger partial charge < -0.3 is 10.2 Å². The van der Waals surface area contributed by atoms with E-state index in [0.29, 0.717) is 19.0 Å². The van der Waals surface area contributed by atoms with E-state index in [9.17, 15) is 19.3 Å². The van der Waals surface area contributed by atoms with Crippen molar-refractivity contribution in [3.05, 3.63) is 39.7 Å². The maximum atomic E-state index is 13.3. The first kappa shape index (κ1) is 16.4. The molecule has 0 aliphatic carbocycles. The van der Waals surface area contributed by atoms with Crippen LogP contribution >= 0.6 is 0 Å². The largest absolute Gasteiger partial charge is 0.338 e. The van der Waals surface area contributed by atoms with Crippen molar-refractivity contribution in [3.8, 4) is 0 Å². The molecule has 22 heavy (non-hydrogen) atoms. The van der Waals surface area contributed by atoms with Gasteiger partial charge in [-0.25, -0.2) is 4.39 Å². The zero-order valence-electron chi connectivity index (χ0n) is 12.5. The Hall–Kier alpha value is -2.02. The standard InChI is InChI=1S/C15H20FN3O3/c1-2-17-10-11-5-7-18(8-6-11)15(20)13-9-12(16)3-4-14(13)19(21)22/h3-4,9,11,17H,2,5-8,10H2,1H3. The van der Waals surface area contributed by atoms with Gasteiger partial charge in [-0.3, -0.25) is 14.9 Å². The summed E-state index contributed by atoms with van der Waals surface area (Å²) in [5, 5.41) is 14.3. The van der Waals surface area contributed by atoms with Crippen molar-refractivity contribution in [2.45, 2.75) is 19.8 Å². The second kappa shape index (κ2) is 7.31. The minimum absolute atomic E-state index is 0.171. The minimum Gasteiger partial charge on any atom is -0.338 e. The molecule has 0 radical (unpaired) electrons. The van der Waals surface area contributed by atoms with E-state index in [-0.39, 0.29) is 11.3 Å². The summed E-state index contributed by atoms with van der Waals surface area (Å²) < 4.78 is 13.3.